The normalized spacial score (nSPS) is 13.1. The van der Waals surface area contributed by atoms with Crippen LogP contribution in [0.15, 0.2) is 48.8 Å². The van der Waals surface area contributed by atoms with Gasteiger partial charge in [0, 0.05) is 18.0 Å². The van der Waals surface area contributed by atoms with E-state index in [0.29, 0.717) is 0 Å². The van der Waals surface area contributed by atoms with Crippen LogP contribution in [0.3, 0.4) is 0 Å². The summed E-state index contributed by atoms with van der Waals surface area (Å²) >= 11 is 0. The molecule has 0 spiro atoms. The van der Waals surface area contributed by atoms with E-state index in [2.05, 4.69) is 37.9 Å². The second-order valence-electron chi connectivity index (χ2n) is 5.82. The minimum atomic E-state index is 0.00363. The molecular weight excluding hydrogens is 234 g/mol. The molecule has 0 amide bonds. The van der Waals surface area contributed by atoms with E-state index in [-0.39, 0.29) is 11.5 Å². The fourth-order valence-corrected chi connectivity index (χ4v) is 1.92. The molecule has 2 rings (SSSR count). The molecule has 0 bridgehead atoms. The number of rotatable bonds is 3. The molecule has 0 saturated heterocycles. The molecule has 2 nitrogen and oxygen atoms in total. The summed E-state index contributed by atoms with van der Waals surface area (Å²) in [6.45, 7) is 8.66. The number of aromatic nitrogens is 1. The van der Waals surface area contributed by atoms with Crippen molar-refractivity contribution in [3.63, 3.8) is 0 Å². The number of benzene rings is 1. The highest BCUT2D eigenvalue weighted by Gasteiger charge is 2.15. The Hall–Kier alpha value is -1.83. The maximum absolute atomic E-state index is 6.00. The lowest BCUT2D eigenvalue weighted by Crippen LogP contribution is -2.11. The molecule has 0 aliphatic carbocycles. The van der Waals surface area contributed by atoms with E-state index in [1.807, 2.05) is 37.4 Å². The highest BCUT2D eigenvalue weighted by atomic mass is 16.5. The standard InChI is InChI=1S/C17H21NO/c1-13(14-7-6-10-18-12-14)19-16-9-5-8-15(11-16)17(2,3)4/h5-13H,1-4H3. The van der Waals surface area contributed by atoms with Gasteiger partial charge in [-0.2, -0.15) is 0 Å². The van der Waals surface area contributed by atoms with Gasteiger partial charge in [-0.1, -0.05) is 39.0 Å². The van der Waals surface area contributed by atoms with Gasteiger partial charge in [-0.3, -0.25) is 4.98 Å². The third-order valence-electron chi connectivity index (χ3n) is 3.17. The van der Waals surface area contributed by atoms with Gasteiger partial charge >= 0.3 is 0 Å². The lowest BCUT2D eigenvalue weighted by molar-refractivity contribution is 0.226. The number of nitrogens with zero attached hydrogens (tertiary/aromatic N) is 1. The van der Waals surface area contributed by atoms with Gasteiger partial charge in [0.05, 0.1) is 0 Å². The average molecular weight is 255 g/mol. The molecule has 0 N–H and O–H groups in total. The first kappa shape index (κ1) is 13.6. The van der Waals surface area contributed by atoms with Crippen LogP contribution in [0.1, 0.15) is 44.9 Å². The van der Waals surface area contributed by atoms with Gasteiger partial charge in [0.1, 0.15) is 11.9 Å². The number of ether oxygens (including phenoxy) is 1. The molecular formula is C17H21NO. The van der Waals surface area contributed by atoms with Crippen LogP contribution in [0.2, 0.25) is 0 Å². The van der Waals surface area contributed by atoms with Gasteiger partial charge in [-0.15, -0.1) is 0 Å². The third-order valence-corrected chi connectivity index (χ3v) is 3.17. The molecule has 1 aromatic carbocycles. The molecule has 1 aromatic heterocycles. The van der Waals surface area contributed by atoms with Crippen molar-refractivity contribution < 1.29 is 4.74 Å². The fourth-order valence-electron chi connectivity index (χ4n) is 1.92. The zero-order valence-corrected chi connectivity index (χ0v) is 12.1. The third kappa shape index (κ3) is 3.57. The second kappa shape index (κ2) is 5.43. The highest BCUT2D eigenvalue weighted by Crippen LogP contribution is 2.28. The molecule has 0 aliphatic heterocycles. The maximum atomic E-state index is 6.00. The van der Waals surface area contributed by atoms with Crippen molar-refractivity contribution in [2.75, 3.05) is 0 Å². The molecule has 0 radical (unpaired) electrons. The molecule has 0 saturated carbocycles. The Balaban J connectivity index is 2.16. The summed E-state index contributed by atoms with van der Waals surface area (Å²) in [5.41, 5.74) is 2.50. The first-order chi connectivity index (χ1) is 8.97. The van der Waals surface area contributed by atoms with Crippen LogP contribution >= 0.6 is 0 Å². The van der Waals surface area contributed by atoms with E-state index in [1.54, 1.807) is 6.20 Å². The lowest BCUT2D eigenvalue weighted by Gasteiger charge is -2.21. The largest absolute Gasteiger partial charge is 0.486 e. The minimum Gasteiger partial charge on any atom is -0.486 e. The van der Waals surface area contributed by atoms with Crippen molar-refractivity contribution in [2.24, 2.45) is 0 Å². The Labute approximate surface area is 115 Å². The first-order valence-corrected chi connectivity index (χ1v) is 6.64. The summed E-state index contributed by atoms with van der Waals surface area (Å²) in [4.78, 5) is 4.12. The Bertz CT molecular complexity index is 528. The van der Waals surface area contributed by atoms with E-state index < -0.39 is 0 Å². The van der Waals surface area contributed by atoms with E-state index in [1.165, 1.54) is 5.56 Å². The zero-order chi connectivity index (χ0) is 13.9. The van der Waals surface area contributed by atoms with Crippen LogP contribution in [-0.4, -0.2) is 4.98 Å². The van der Waals surface area contributed by atoms with Crippen LogP contribution < -0.4 is 4.74 Å². The predicted molar refractivity (Wildman–Crippen MR) is 78.4 cm³/mol. The summed E-state index contributed by atoms with van der Waals surface area (Å²) in [6, 6.07) is 12.3. The summed E-state index contributed by atoms with van der Waals surface area (Å²) in [5, 5.41) is 0. The quantitative estimate of drug-likeness (QED) is 0.804. The van der Waals surface area contributed by atoms with Crippen molar-refractivity contribution >= 4 is 0 Å². The highest BCUT2D eigenvalue weighted by molar-refractivity contribution is 5.33. The molecule has 100 valence electrons. The van der Waals surface area contributed by atoms with Crippen molar-refractivity contribution in [3.05, 3.63) is 59.9 Å². The van der Waals surface area contributed by atoms with Crippen molar-refractivity contribution in [2.45, 2.75) is 39.2 Å². The Morgan fingerprint density at radius 2 is 1.89 bits per heavy atom. The van der Waals surface area contributed by atoms with E-state index in [4.69, 9.17) is 4.74 Å². The van der Waals surface area contributed by atoms with Crippen molar-refractivity contribution in [3.8, 4) is 5.75 Å². The van der Waals surface area contributed by atoms with Crippen molar-refractivity contribution in [1.29, 1.82) is 0 Å². The van der Waals surface area contributed by atoms with Gasteiger partial charge in [0.2, 0.25) is 0 Å². The number of hydrogen-bond donors (Lipinski definition) is 0. The molecule has 0 fully saturated rings. The Kier molecular flexibility index (Phi) is 3.89. The molecule has 0 aliphatic rings. The molecule has 1 atom stereocenters. The topological polar surface area (TPSA) is 22.1 Å². The van der Waals surface area contributed by atoms with Crippen LogP contribution in [0, 0.1) is 0 Å². The second-order valence-corrected chi connectivity index (χ2v) is 5.82. The molecule has 1 unspecified atom stereocenters. The van der Waals surface area contributed by atoms with Gasteiger partial charge in [-0.05, 0) is 36.1 Å². The summed E-state index contributed by atoms with van der Waals surface area (Å²) in [5.74, 6) is 0.906. The number of pyridine rings is 1. The van der Waals surface area contributed by atoms with Crippen LogP contribution in [-0.2, 0) is 5.41 Å². The molecule has 2 aromatic rings. The Morgan fingerprint density at radius 3 is 2.53 bits per heavy atom. The zero-order valence-electron chi connectivity index (χ0n) is 12.1. The lowest BCUT2D eigenvalue weighted by atomic mass is 9.87. The SMILES string of the molecule is CC(Oc1cccc(C(C)(C)C)c1)c1cccnc1. The summed E-state index contributed by atoms with van der Waals surface area (Å²) in [7, 11) is 0. The van der Waals surface area contributed by atoms with Crippen molar-refractivity contribution in [1.82, 2.24) is 4.98 Å². The first-order valence-electron chi connectivity index (χ1n) is 6.64. The summed E-state index contributed by atoms with van der Waals surface area (Å²) in [6.07, 6.45) is 3.62. The van der Waals surface area contributed by atoms with E-state index in [0.717, 1.165) is 11.3 Å². The molecule has 1 heterocycles. The van der Waals surface area contributed by atoms with Crippen LogP contribution in [0.4, 0.5) is 0 Å². The predicted octanol–water partition coefficient (Wildman–Crippen LogP) is 4.52. The monoisotopic (exact) mass is 255 g/mol. The van der Waals surface area contributed by atoms with Crippen LogP contribution in [0.5, 0.6) is 5.75 Å². The molecule has 19 heavy (non-hydrogen) atoms. The van der Waals surface area contributed by atoms with Crippen LogP contribution in [0.25, 0.3) is 0 Å². The minimum absolute atomic E-state index is 0.00363. The van der Waals surface area contributed by atoms with E-state index >= 15 is 0 Å². The Morgan fingerprint density at radius 1 is 1.11 bits per heavy atom. The fraction of sp³-hybridized carbons (Fsp3) is 0.353. The van der Waals surface area contributed by atoms with Gasteiger partial charge in [0.25, 0.3) is 0 Å². The van der Waals surface area contributed by atoms with Gasteiger partial charge in [-0.25, -0.2) is 0 Å². The average Bonchev–Trinajstić information content (AvgIpc) is 2.39. The van der Waals surface area contributed by atoms with Gasteiger partial charge in [0.15, 0.2) is 0 Å². The maximum Gasteiger partial charge on any atom is 0.122 e. The summed E-state index contributed by atoms with van der Waals surface area (Å²) < 4.78 is 6.00. The van der Waals surface area contributed by atoms with Gasteiger partial charge < -0.3 is 4.74 Å². The molecule has 2 heteroatoms. The smallest absolute Gasteiger partial charge is 0.122 e. The number of hydrogen-bond acceptors (Lipinski definition) is 2. The van der Waals surface area contributed by atoms with E-state index in [9.17, 15) is 0 Å².